The van der Waals surface area contributed by atoms with Gasteiger partial charge in [0.05, 0.1) is 19.8 Å². The van der Waals surface area contributed by atoms with Gasteiger partial charge in [0.2, 0.25) is 0 Å². The van der Waals surface area contributed by atoms with Gasteiger partial charge in [0.15, 0.2) is 5.82 Å². The number of nitrogens with zero attached hydrogens (tertiary/aromatic N) is 2. The summed E-state index contributed by atoms with van der Waals surface area (Å²) in [6.45, 7) is 5.60. The zero-order valence-electron chi connectivity index (χ0n) is 19.5. The van der Waals surface area contributed by atoms with Gasteiger partial charge in [-0.1, -0.05) is 17.8 Å². The van der Waals surface area contributed by atoms with Gasteiger partial charge >= 0.3 is 5.91 Å². The van der Waals surface area contributed by atoms with Crippen molar-refractivity contribution in [3.05, 3.63) is 83.6 Å². The number of rotatable bonds is 8. The van der Waals surface area contributed by atoms with E-state index in [1.54, 1.807) is 55.5 Å². The second kappa shape index (κ2) is 9.76. The quantitative estimate of drug-likeness (QED) is 0.223. The Morgan fingerprint density at radius 1 is 1.11 bits per heavy atom. The lowest BCUT2D eigenvalue weighted by atomic mass is 9.94. The summed E-state index contributed by atoms with van der Waals surface area (Å²) < 4.78 is 21.5. The van der Waals surface area contributed by atoms with Crippen molar-refractivity contribution in [1.29, 1.82) is 0 Å². The molecule has 1 saturated heterocycles. The van der Waals surface area contributed by atoms with Crippen molar-refractivity contribution in [3.8, 4) is 17.2 Å². The molecule has 1 N–H and O–H groups in total. The van der Waals surface area contributed by atoms with Crippen molar-refractivity contribution in [1.82, 2.24) is 5.16 Å². The third-order valence-electron chi connectivity index (χ3n) is 5.53. The molecule has 9 nitrogen and oxygen atoms in total. The molecule has 1 fully saturated rings. The molecule has 1 aromatic heterocycles. The first kappa shape index (κ1) is 23.6. The third kappa shape index (κ3) is 4.35. The molecule has 3 aromatic rings. The van der Waals surface area contributed by atoms with Crippen LogP contribution in [0.4, 0.5) is 5.82 Å². The van der Waals surface area contributed by atoms with Crippen LogP contribution >= 0.6 is 0 Å². The van der Waals surface area contributed by atoms with Gasteiger partial charge < -0.3 is 23.8 Å². The van der Waals surface area contributed by atoms with Crippen LogP contribution in [-0.4, -0.2) is 42.8 Å². The summed E-state index contributed by atoms with van der Waals surface area (Å²) in [5.74, 6) is -0.0682. The minimum atomic E-state index is -1.05. The van der Waals surface area contributed by atoms with E-state index in [1.807, 2.05) is 0 Å². The molecule has 9 heteroatoms. The second-order valence-corrected chi connectivity index (χ2v) is 7.70. The molecule has 1 aliphatic heterocycles. The van der Waals surface area contributed by atoms with Gasteiger partial charge in [-0.15, -0.1) is 0 Å². The molecule has 0 saturated carbocycles. The zero-order chi connectivity index (χ0) is 25.1. The number of carbonyl (C=O) groups excluding carboxylic acids is 2. The second-order valence-electron chi connectivity index (χ2n) is 7.70. The molecule has 0 spiro atoms. The molecule has 1 amide bonds. The Morgan fingerprint density at radius 3 is 2.43 bits per heavy atom. The number of ketones is 1. The van der Waals surface area contributed by atoms with Gasteiger partial charge in [0, 0.05) is 17.2 Å². The number of carbonyl (C=O) groups is 2. The molecule has 1 aliphatic rings. The predicted molar refractivity (Wildman–Crippen MR) is 128 cm³/mol. The molecule has 0 radical (unpaired) electrons. The maximum atomic E-state index is 13.3. The number of hydrogen-bond donors (Lipinski definition) is 1. The largest absolute Gasteiger partial charge is 0.507 e. The highest BCUT2D eigenvalue weighted by Gasteiger charge is 2.49. The Balaban J connectivity index is 1.92. The maximum Gasteiger partial charge on any atom is 0.301 e. The highest BCUT2D eigenvalue weighted by molar-refractivity contribution is 6.51. The van der Waals surface area contributed by atoms with Gasteiger partial charge in [0.25, 0.3) is 5.78 Å². The Kier molecular flexibility index (Phi) is 6.59. The molecular formula is C26H24N2O7. The number of Topliss-reactive ketones (excluding diaryl/α,β-unsaturated/α-hetero) is 1. The number of methoxy groups -OCH3 is 2. The smallest absolute Gasteiger partial charge is 0.301 e. The summed E-state index contributed by atoms with van der Waals surface area (Å²) in [7, 11) is 2.97. The minimum absolute atomic E-state index is 0.123. The number of aryl methyl sites for hydroxylation is 1. The molecule has 1 unspecified atom stereocenters. The fraction of sp³-hybridized carbons (Fsp3) is 0.192. The molecule has 35 heavy (non-hydrogen) atoms. The van der Waals surface area contributed by atoms with E-state index < -0.39 is 17.7 Å². The van der Waals surface area contributed by atoms with Crippen molar-refractivity contribution >= 4 is 23.3 Å². The number of benzene rings is 2. The topological polar surface area (TPSA) is 111 Å². The van der Waals surface area contributed by atoms with Crippen molar-refractivity contribution in [3.63, 3.8) is 0 Å². The number of aromatic nitrogens is 1. The molecule has 1 atom stereocenters. The van der Waals surface area contributed by atoms with E-state index in [0.717, 1.165) is 0 Å². The monoisotopic (exact) mass is 476 g/mol. The maximum absolute atomic E-state index is 13.3. The number of anilines is 1. The predicted octanol–water partition coefficient (Wildman–Crippen LogP) is 4.19. The number of aliphatic hydroxyl groups excluding tert-OH is 1. The molecular weight excluding hydrogens is 452 g/mol. The lowest BCUT2D eigenvalue weighted by molar-refractivity contribution is -0.132. The van der Waals surface area contributed by atoms with Gasteiger partial charge in [-0.3, -0.25) is 14.5 Å². The first-order valence-electron chi connectivity index (χ1n) is 10.7. The van der Waals surface area contributed by atoms with Crippen LogP contribution in [0.15, 0.2) is 71.3 Å². The molecule has 4 rings (SSSR count). The molecule has 0 aliphatic carbocycles. The van der Waals surface area contributed by atoms with Crippen molar-refractivity contribution in [2.45, 2.75) is 13.0 Å². The van der Waals surface area contributed by atoms with Crippen LogP contribution in [-0.2, 0) is 9.59 Å². The van der Waals surface area contributed by atoms with E-state index in [0.29, 0.717) is 40.7 Å². The summed E-state index contributed by atoms with van der Waals surface area (Å²) in [6.07, 6.45) is 1.61. The molecule has 2 heterocycles. The zero-order valence-corrected chi connectivity index (χ0v) is 19.5. The van der Waals surface area contributed by atoms with E-state index in [9.17, 15) is 14.7 Å². The van der Waals surface area contributed by atoms with Gasteiger partial charge in [-0.25, -0.2) is 0 Å². The number of hydrogen-bond acceptors (Lipinski definition) is 8. The van der Waals surface area contributed by atoms with Crippen LogP contribution in [0.2, 0.25) is 0 Å². The van der Waals surface area contributed by atoms with Crippen LogP contribution in [0.3, 0.4) is 0 Å². The number of ether oxygens (including phenoxy) is 3. The van der Waals surface area contributed by atoms with Crippen LogP contribution in [0.1, 0.15) is 22.9 Å². The van der Waals surface area contributed by atoms with E-state index in [4.69, 9.17) is 18.7 Å². The lowest BCUT2D eigenvalue weighted by Gasteiger charge is -2.24. The fourth-order valence-corrected chi connectivity index (χ4v) is 3.90. The van der Waals surface area contributed by atoms with Crippen LogP contribution in [0, 0.1) is 6.92 Å². The summed E-state index contributed by atoms with van der Waals surface area (Å²) in [4.78, 5) is 27.7. The van der Waals surface area contributed by atoms with Crippen LogP contribution in [0.25, 0.3) is 5.76 Å². The minimum Gasteiger partial charge on any atom is -0.507 e. The Labute approximate surface area is 201 Å². The van der Waals surface area contributed by atoms with E-state index >= 15 is 0 Å². The first-order chi connectivity index (χ1) is 16.9. The van der Waals surface area contributed by atoms with E-state index in [2.05, 4.69) is 11.7 Å². The molecule has 0 bridgehead atoms. The Hall–Kier alpha value is -4.53. The normalized spacial score (nSPS) is 16.9. The number of amides is 1. The van der Waals surface area contributed by atoms with Crippen molar-refractivity contribution in [2.75, 3.05) is 25.7 Å². The van der Waals surface area contributed by atoms with Gasteiger partial charge in [0.1, 0.15) is 41.4 Å². The highest BCUT2D eigenvalue weighted by Crippen LogP contribution is 2.45. The summed E-state index contributed by atoms with van der Waals surface area (Å²) >= 11 is 0. The summed E-state index contributed by atoms with van der Waals surface area (Å²) in [6, 6.07) is 12.0. The van der Waals surface area contributed by atoms with Crippen LogP contribution in [0.5, 0.6) is 17.2 Å². The Morgan fingerprint density at radius 2 is 1.83 bits per heavy atom. The van der Waals surface area contributed by atoms with Crippen molar-refractivity contribution < 1.29 is 33.4 Å². The molecule has 180 valence electrons. The van der Waals surface area contributed by atoms with Gasteiger partial charge in [-0.05, 0) is 49.4 Å². The average Bonchev–Trinajstić information content (AvgIpc) is 3.42. The SMILES string of the molecule is C=CCOc1ccc(/C(O)=C2\C(=O)C(=O)N(c3cc(C)on3)C2c2cc(OC)ccc2OC)cc1. The summed E-state index contributed by atoms with van der Waals surface area (Å²) in [5.41, 5.74) is 0.637. The first-order valence-corrected chi connectivity index (χ1v) is 10.7. The van der Waals surface area contributed by atoms with Gasteiger partial charge in [-0.2, -0.15) is 0 Å². The van der Waals surface area contributed by atoms with E-state index in [1.165, 1.54) is 25.2 Å². The highest BCUT2D eigenvalue weighted by atomic mass is 16.5. The van der Waals surface area contributed by atoms with Crippen molar-refractivity contribution in [2.24, 2.45) is 0 Å². The lowest BCUT2D eigenvalue weighted by Crippen LogP contribution is -2.30. The molecule has 2 aromatic carbocycles. The third-order valence-corrected chi connectivity index (χ3v) is 5.53. The van der Waals surface area contributed by atoms with Crippen LogP contribution < -0.4 is 19.1 Å². The Bertz CT molecular complexity index is 1310. The standard InChI is InChI=1S/C26H24N2O7/c1-5-12-34-17-8-6-16(7-9-17)24(29)22-23(19-14-18(32-3)10-11-20(19)33-4)28(26(31)25(22)30)21-13-15(2)35-27-21/h5-11,13-14,23,29H,1,12H2,2-4H3/b24-22+. The average molecular weight is 476 g/mol. The fourth-order valence-electron chi connectivity index (χ4n) is 3.90. The number of aliphatic hydroxyl groups is 1. The summed E-state index contributed by atoms with van der Waals surface area (Å²) in [5, 5.41) is 15.2. The van der Waals surface area contributed by atoms with E-state index in [-0.39, 0.29) is 17.2 Å².